The van der Waals surface area contributed by atoms with Crippen LogP contribution < -0.4 is 4.74 Å². The number of esters is 2. The Kier molecular flexibility index (Phi) is 6.79. The average molecular weight is 541 g/mol. The summed E-state index contributed by atoms with van der Waals surface area (Å²) in [5.41, 5.74) is 1.92. The number of halogens is 3. The lowest BCUT2D eigenvalue weighted by atomic mass is 9.79. The van der Waals surface area contributed by atoms with E-state index in [2.05, 4.69) is 15.4 Å². The average Bonchev–Trinajstić information content (AvgIpc) is 3.23. The van der Waals surface area contributed by atoms with Crippen LogP contribution in [0.15, 0.2) is 48.7 Å². The molecule has 1 atom stereocenters. The molecule has 2 aliphatic rings. The summed E-state index contributed by atoms with van der Waals surface area (Å²) >= 11 is 0. The van der Waals surface area contributed by atoms with Crippen LogP contribution in [0.1, 0.15) is 74.6 Å². The summed E-state index contributed by atoms with van der Waals surface area (Å²) in [5.74, 6) is -6.23. The van der Waals surface area contributed by atoms with Gasteiger partial charge in [0.2, 0.25) is 0 Å². The minimum Gasteiger partial charge on any atom is -0.422 e. The molecule has 0 amide bonds. The molecule has 1 saturated heterocycles. The van der Waals surface area contributed by atoms with Crippen LogP contribution in [-0.2, 0) is 19.1 Å². The first-order valence-electron chi connectivity index (χ1n) is 12.8. The summed E-state index contributed by atoms with van der Waals surface area (Å²) in [7, 11) is 0. The Labute approximate surface area is 223 Å². The van der Waals surface area contributed by atoms with Gasteiger partial charge in [-0.3, -0.25) is 9.59 Å². The van der Waals surface area contributed by atoms with Crippen LogP contribution in [0.2, 0.25) is 0 Å². The predicted octanol–water partition coefficient (Wildman–Crippen LogP) is 6.50. The Morgan fingerprint density at radius 1 is 1.05 bits per heavy atom. The smallest absolute Gasteiger partial charge is 0.422 e. The Bertz CT molecular complexity index is 1440. The van der Waals surface area contributed by atoms with Gasteiger partial charge in [-0.1, -0.05) is 31.4 Å². The van der Waals surface area contributed by atoms with Crippen LogP contribution in [0.3, 0.4) is 0 Å². The van der Waals surface area contributed by atoms with Crippen molar-refractivity contribution in [3.8, 4) is 11.8 Å². The van der Waals surface area contributed by atoms with Gasteiger partial charge in [0.1, 0.15) is 5.75 Å². The van der Waals surface area contributed by atoms with Gasteiger partial charge in [0.15, 0.2) is 5.92 Å². The summed E-state index contributed by atoms with van der Waals surface area (Å²) < 4.78 is 56.3. The number of ether oxygens (including phenoxy) is 3. The van der Waals surface area contributed by atoms with E-state index in [1.165, 1.54) is 26.0 Å². The fourth-order valence-electron chi connectivity index (χ4n) is 5.72. The van der Waals surface area contributed by atoms with E-state index in [1.807, 2.05) is 12.3 Å². The second kappa shape index (κ2) is 9.95. The highest BCUT2D eigenvalue weighted by Crippen LogP contribution is 2.44. The monoisotopic (exact) mass is 540 g/mol. The third kappa shape index (κ3) is 5.44. The maximum Gasteiger partial charge on any atom is 0.573 e. The lowest BCUT2D eigenvalue weighted by molar-refractivity contribution is -0.274. The molecule has 2 aromatic carbocycles. The molecule has 1 aliphatic carbocycles. The molecule has 204 valence electrons. The normalized spacial score (nSPS) is 19.3. The number of aromatic nitrogens is 1. The van der Waals surface area contributed by atoms with Crippen molar-refractivity contribution in [3.05, 3.63) is 65.4 Å². The third-order valence-electron chi connectivity index (χ3n) is 7.28. The molecule has 2 fully saturated rings. The fourth-order valence-corrected chi connectivity index (χ4v) is 5.72. The van der Waals surface area contributed by atoms with E-state index in [9.17, 15) is 28.0 Å². The first-order chi connectivity index (χ1) is 18.5. The van der Waals surface area contributed by atoms with Crippen molar-refractivity contribution in [2.75, 3.05) is 0 Å². The van der Waals surface area contributed by atoms with Crippen LogP contribution in [-0.4, -0.2) is 28.7 Å². The largest absolute Gasteiger partial charge is 0.573 e. The van der Waals surface area contributed by atoms with E-state index in [0.29, 0.717) is 16.5 Å². The van der Waals surface area contributed by atoms with Crippen molar-refractivity contribution >= 4 is 22.8 Å². The Balaban J connectivity index is 1.73. The topological polar surface area (TPSA) is 90.5 Å². The first kappa shape index (κ1) is 26.6. The number of carbonyl (C=O) groups is 2. The van der Waals surface area contributed by atoms with Crippen LogP contribution >= 0.6 is 0 Å². The highest BCUT2D eigenvalue weighted by atomic mass is 19.4. The van der Waals surface area contributed by atoms with Gasteiger partial charge in [0.25, 0.3) is 5.79 Å². The number of nitriles is 1. The zero-order valence-corrected chi connectivity index (χ0v) is 21.5. The molecule has 1 aliphatic heterocycles. The van der Waals surface area contributed by atoms with Gasteiger partial charge in [-0.25, -0.2) is 0 Å². The van der Waals surface area contributed by atoms with E-state index >= 15 is 0 Å². The third-order valence-corrected chi connectivity index (χ3v) is 7.28. The fraction of sp³-hybridized carbons (Fsp3) is 0.414. The zero-order valence-electron chi connectivity index (χ0n) is 21.5. The van der Waals surface area contributed by atoms with Crippen molar-refractivity contribution in [1.29, 1.82) is 5.26 Å². The number of rotatable bonds is 5. The number of alkyl halides is 3. The number of benzene rings is 2. The van der Waals surface area contributed by atoms with E-state index < -0.39 is 41.7 Å². The minimum atomic E-state index is -4.93. The van der Waals surface area contributed by atoms with Gasteiger partial charge in [-0.05, 0) is 54.3 Å². The maximum absolute atomic E-state index is 13.3. The number of hydrogen-bond donors (Lipinski definition) is 0. The van der Waals surface area contributed by atoms with Crippen molar-refractivity contribution in [2.45, 2.75) is 70.1 Å². The summed E-state index contributed by atoms with van der Waals surface area (Å²) in [4.78, 5) is 26.6. The van der Waals surface area contributed by atoms with E-state index in [0.717, 1.165) is 49.8 Å². The molecular weight excluding hydrogens is 513 g/mol. The van der Waals surface area contributed by atoms with Crippen LogP contribution in [0.5, 0.6) is 5.75 Å². The van der Waals surface area contributed by atoms with Gasteiger partial charge in [0.05, 0.1) is 11.6 Å². The number of carbonyl (C=O) groups excluding carboxylic acids is 2. The van der Waals surface area contributed by atoms with E-state index in [1.54, 1.807) is 12.1 Å². The molecule has 0 spiro atoms. The van der Waals surface area contributed by atoms with Crippen molar-refractivity contribution in [1.82, 2.24) is 4.57 Å². The maximum atomic E-state index is 13.3. The molecule has 7 nitrogen and oxygen atoms in total. The summed E-state index contributed by atoms with van der Waals surface area (Å²) in [6.07, 6.45) is 2.02. The highest BCUT2D eigenvalue weighted by molar-refractivity contribution is 5.99. The number of fused-ring (bicyclic) bond motifs is 1. The van der Waals surface area contributed by atoms with Crippen LogP contribution in [0.25, 0.3) is 10.9 Å². The van der Waals surface area contributed by atoms with Crippen molar-refractivity contribution in [3.63, 3.8) is 0 Å². The van der Waals surface area contributed by atoms with E-state index in [4.69, 9.17) is 9.47 Å². The lowest BCUT2D eigenvalue weighted by Gasteiger charge is -2.36. The Morgan fingerprint density at radius 3 is 2.38 bits per heavy atom. The first-order valence-corrected chi connectivity index (χ1v) is 12.8. The number of hydrogen-bond acceptors (Lipinski definition) is 6. The molecule has 39 heavy (non-hydrogen) atoms. The van der Waals surface area contributed by atoms with Gasteiger partial charge < -0.3 is 18.8 Å². The minimum absolute atomic E-state index is 0.160. The van der Waals surface area contributed by atoms with Crippen LogP contribution in [0.4, 0.5) is 13.2 Å². The molecule has 0 bridgehead atoms. The quantitative estimate of drug-likeness (QED) is 0.271. The van der Waals surface area contributed by atoms with Gasteiger partial charge in [0, 0.05) is 42.9 Å². The number of nitrogens with zero attached hydrogens (tertiary/aromatic N) is 2. The molecule has 3 aromatic rings. The molecular formula is C29H27F3N2O5. The number of cyclic esters (lactones) is 2. The molecule has 1 aromatic heterocycles. The lowest BCUT2D eigenvalue weighted by Crippen LogP contribution is -2.48. The second-order valence-corrected chi connectivity index (χ2v) is 10.4. The molecule has 5 rings (SSSR count). The standard InChI is InChI=1S/C29H27F3N2O5/c1-28(2)38-26(35)25(27(36)39-28)24(18-7-6-10-20(14-18)37-29(30,31)32)22-16-34(19-8-4-3-5-9-19)23-12-11-17(15-33)13-21(22)23/h6-7,10-14,16,19,24-25H,3-5,8-9H2,1-2H3. The summed E-state index contributed by atoms with van der Waals surface area (Å²) in [6.45, 7) is 2.86. The summed E-state index contributed by atoms with van der Waals surface area (Å²) in [5, 5.41) is 10.2. The molecule has 0 N–H and O–H groups in total. The zero-order chi connectivity index (χ0) is 27.9. The molecule has 10 heteroatoms. The Morgan fingerprint density at radius 2 is 1.74 bits per heavy atom. The van der Waals surface area contributed by atoms with Crippen molar-refractivity contribution in [2.24, 2.45) is 5.92 Å². The predicted molar refractivity (Wildman–Crippen MR) is 133 cm³/mol. The van der Waals surface area contributed by atoms with Gasteiger partial charge in [-0.2, -0.15) is 5.26 Å². The summed E-state index contributed by atoms with van der Waals surface area (Å²) in [6, 6.07) is 12.7. The molecule has 1 saturated carbocycles. The second-order valence-electron chi connectivity index (χ2n) is 10.4. The van der Waals surface area contributed by atoms with Crippen molar-refractivity contribution < 1.29 is 37.0 Å². The van der Waals surface area contributed by atoms with E-state index in [-0.39, 0.29) is 11.6 Å². The Hall–Kier alpha value is -4.00. The van der Waals surface area contributed by atoms with Crippen LogP contribution in [0, 0.1) is 17.2 Å². The van der Waals surface area contributed by atoms with Gasteiger partial charge >= 0.3 is 18.3 Å². The highest BCUT2D eigenvalue weighted by Gasteiger charge is 2.49. The van der Waals surface area contributed by atoms with Gasteiger partial charge in [-0.15, -0.1) is 13.2 Å². The molecule has 1 unspecified atom stereocenters. The SMILES string of the molecule is CC1(C)OC(=O)C(C(c2cccc(OC(F)(F)F)c2)c2cn(C3CCCCC3)c3ccc(C#N)cc23)C(=O)O1. The molecule has 2 heterocycles. The molecule has 0 radical (unpaired) electrons.